The predicted molar refractivity (Wildman–Crippen MR) is 105 cm³/mol. The smallest absolute Gasteiger partial charge is 0.251 e. The van der Waals surface area contributed by atoms with Gasteiger partial charge in [0, 0.05) is 37.6 Å². The van der Waals surface area contributed by atoms with E-state index in [1.54, 1.807) is 42.7 Å². The molecule has 2 fully saturated rings. The van der Waals surface area contributed by atoms with Crippen LogP contribution in [-0.4, -0.2) is 60.9 Å². The van der Waals surface area contributed by atoms with E-state index in [-0.39, 0.29) is 24.3 Å². The maximum Gasteiger partial charge on any atom is 0.251 e. The highest BCUT2D eigenvalue weighted by molar-refractivity contribution is 7.09. The van der Waals surface area contributed by atoms with Gasteiger partial charge in [-0.2, -0.15) is 0 Å². The molecule has 4 rings (SSSR count). The molecule has 0 unspecified atom stereocenters. The lowest BCUT2D eigenvalue weighted by molar-refractivity contribution is -0.123. The number of ether oxygens (including phenoxy) is 1. The van der Waals surface area contributed by atoms with Crippen LogP contribution in [0.15, 0.2) is 41.8 Å². The van der Waals surface area contributed by atoms with Crippen molar-refractivity contribution in [2.75, 3.05) is 38.2 Å². The van der Waals surface area contributed by atoms with E-state index < -0.39 is 0 Å². The lowest BCUT2D eigenvalue weighted by Crippen LogP contribution is -2.52. The van der Waals surface area contributed by atoms with Crippen molar-refractivity contribution < 1.29 is 14.3 Å². The number of anilines is 1. The largest absolute Gasteiger partial charge is 0.497 e. The number of carbonyl (C=O) groups excluding carboxylic acids is 2. The van der Waals surface area contributed by atoms with Crippen LogP contribution in [0.2, 0.25) is 0 Å². The lowest BCUT2D eigenvalue weighted by atomic mass is 10.1. The van der Waals surface area contributed by atoms with Crippen molar-refractivity contribution in [1.82, 2.24) is 9.80 Å². The topological polar surface area (TPSA) is 53.1 Å². The third-order valence-corrected chi connectivity index (χ3v) is 6.12. The molecule has 1 atom stereocenters. The number of benzene rings is 1. The van der Waals surface area contributed by atoms with Crippen molar-refractivity contribution in [2.45, 2.75) is 19.0 Å². The molecule has 142 valence electrons. The van der Waals surface area contributed by atoms with Gasteiger partial charge in [0.05, 0.1) is 25.3 Å². The Morgan fingerprint density at radius 2 is 1.81 bits per heavy atom. The average molecular weight is 385 g/mol. The molecular weight excluding hydrogens is 362 g/mol. The first kappa shape index (κ1) is 18.2. The summed E-state index contributed by atoms with van der Waals surface area (Å²) in [5, 5.41) is 2.10. The van der Waals surface area contributed by atoms with Gasteiger partial charge < -0.3 is 4.74 Å². The van der Waals surface area contributed by atoms with Crippen LogP contribution in [0.5, 0.6) is 5.75 Å². The molecule has 1 aromatic carbocycles. The van der Waals surface area contributed by atoms with Gasteiger partial charge in [0.1, 0.15) is 5.75 Å². The fourth-order valence-corrected chi connectivity index (χ4v) is 4.51. The van der Waals surface area contributed by atoms with Crippen LogP contribution in [0.3, 0.4) is 0 Å². The highest BCUT2D eigenvalue weighted by atomic mass is 32.1. The summed E-state index contributed by atoms with van der Waals surface area (Å²) in [5.74, 6) is 0.462. The molecule has 2 aromatic rings. The molecule has 0 radical (unpaired) electrons. The molecule has 2 aliphatic heterocycles. The minimum Gasteiger partial charge on any atom is -0.497 e. The number of hydrogen-bond acceptors (Lipinski definition) is 6. The first-order chi connectivity index (χ1) is 13.2. The summed E-state index contributed by atoms with van der Waals surface area (Å²) in [6, 6.07) is 10.9. The summed E-state index contributed by atoms with van der Waals surface area (Å²) in [4.78, 5) is 32.7. The number of methoxy groups -OCH3 is 1. The van der Waals surface area contributed by atoms with Gasteiger partial charge in [-0.25, -0.2) is 4.90 Å². The van der Waals surface area contributed by atoms with Crippen molar-refractivity contribution in [1.29, 1.82) is 0 Å². The van der Waals surface area contributed by atoms with E-state index in [0.717, 1.165) is 32.7 Å². The number of imide groups is 1. The van der Waals surface area contributed by atoms with Gasteiger partial charge in [-0.15, -0.1) is 11.3 Å². The van der Waals surface area contributed by atoms with Crippen LogP contribution in [-0.2, 0) is 16.1 Å². The fourth-order valence-electron chi connectivity index (χ4n) is 3.76. The Bertz CT molecular complexity index is 798. The molecule has 2 amide bonds. The summed E-state index contributed by atoms with van der Waals surface area (Å²) >= 11 is 1.77. The van der Waals surface area contributed by atoms with E-state index >= 15 is 0 Å². The molecule has 0 aliphatic carbocycles. The minimum atomic E-state index is -0.344. The molecule has 27 heavy (non-hydrogen) atoms. The number of thiophene rings is 1. The zero-order valence-corrected chi connectivity index (χ0v) is 16.2. The Morgan fingerprint density at radius 1 is 1.07 bits per heavy atom. The molecule has 2 aliphatic rings. The summed E-state index contributed by atoms with van der Waals surface area (Å²) in [6.45, 7) is 4.41. The minimum absolute atomic E-state index is 0.114. The third kappa shape index (κ3) is 3.76. The van der Waals surface area contributed by atoms with Gasteiger partial charge in [0.2, 0.25) is 5.91 Å². The number of amides is 2. The molecule has 2 saturated heterocycles. The Hall–Kier alpha value is -2.22. The number of rotatable bonds is 5. The van der Waals surface area contributed by atoms with E-state index in [1.807, 2.05) is 0 Å². The number of piperazine rings is 1. The van der Waals surface area contributed by atoms with E-state index in [0.29, 0.717) is 11.4 Å². The SMILES string of the molecule is COc1ccc(N2C(=O)C[C@@H](N3CCN(Cc4cccs4)CC3)C2=O)cc1. The zero-order chi connectivity index (χ0) is 18.8. The Balaban J connectivity index is 1.38. The molecule has 0 spiro atoms. The first-order valence-corrected chi connectivity index (χ1v) is 10.0. The van der Waals surface area contributed by atoms with Crippen LogP contribution in [0.4, 0.5) is 5.69 Å². The molecule has 6 nitrogen and oxygen atoms in total. The number of nitrogens with zero attached hydrogens (tertiary/aromatic N) is 3. The standard InChI is InChI=1S/C20H23N3O3S/c1-26-16-6-4-15(5-7-16)23-19(24)13-18(20(23)25)22-10-8-21(9-11-22)14-17-3-2-12-27-17/h2-7,12,18H,8-11,13-14H2,1H3/t18-/m1/s1. The van der Waals surface area contributed by atoms with Gasteiger partial charge in [-0.3, -0.25) is 19.4 Å². The van der Waals surface area contributed by atoms with Gasteiger partial charge in [-0.05, 0) is 35.7 Å². The van der Waals surface area contributed by atoms with Crippen molar-refractivity contribution in [3.8, 4) is 5.75 Å². The highest BCUT2D eigenvalue weighted by Crippen LogP contribution is 2.28. The monoisotopic (exact) mass is 385 g/mol. The maximum atomic E-state index is 12.9. The molecular formula is C20H23N3O3S. The van der Waals surface area contributed by atoms with Gasteiger partial charge >= 0.3 is 0 Å². The second-order valence-electron chi connectivity index (χ2n) is 6.88. The summed E-state index contributed by atoms with van der Waals surface area (Å²) in [5.41, 5.74) is 0.615. The predicted octanol–water partition coefficient (Wildman–Crippen LogP) is 2.21. The fraction of sp³-hybridized carbons (Fsp3) is 0.400. The lowest BCUT2D eigenvalue weighted by Gasteiger charge is -2.36. The highest BCUT2D eigenvalue weighted by Gasteiger charge is 2.43. The van der Waals surface area contributed by atoms with Crippen LogP contribution in [0.25, 0.3) is 0 Å². The maximum absolute atomic E-state index is 12.9. The Morgan fingerprint density at radius 3 is 2.44 bits per heavy atom. The average Bonchev–Trinajstić information content (AvgIpc) is 3.30. The van der Waals surface area contributed by atoms with Crippen LogP contribution >= 0.6 is 11.3 Å². The van der Waals surface area contributed by atoms with Crippen molar-refractivity contribution >= 4 is 28.8 Å². The van der Waals surface area contributed by atoms with E-state index in [2.05, 4.69) is 27.3 Å². The molecule has 3 heterocycles. The van der Waals surface area contributed by atoms with Crippen molar-refractivity contribution in [2.24, 2.45) is 0 Å². The van der Waals surface area contributed by atoms with Crippen molar-refractivity contribution in [3.05, 3.63) is 46.7 Å². The molecule has 0 saturated carbocycles. The molecule has 0 N–H and O–H groups in total. The zero-order valence-electron chi connectivity index (χ0n) is 15.3. The van der Waals surface area contributed by atoms with Crippen LogP contribution in [0.1, 0.15) is 11.3 Å². The summed E-state index contributed by atoms with van der Waals surface area (Å²) in [6.07, 6.45) is 0.260. The van der Waals surface area contributed by atoms with Gasteiger partial charge in [0.15, 0.2) is 0 Å². The van der Waals surface area contributed by atoms with E-state index in [4.69, 9.17) is 4.74 Å². The van der Waals surface area contributed by atoms with Crippen LogP contribution in [0, 0.1) is 0 Å². The number of hydrogen-bond donors (Lipinski definition) is 0. The van der Waals surface area contributed by atoms with E-state index in [9.17, 15) is 9.59 Å². The number of carbonyl (C=O) groups is 2. The summed E-state index contributed by atoms with van der Waals surface area (Å²) in [7, 11) is 1.59. The normalized spacial score (nSPS) is 21.8. The second-order valence-corrected chi connectivity index (χ2v) is 7.91. The van der Waals surface area contributed by atoms with Gasteiger partial charge in [0.25, 0.3) is 5.91 Å². The quantitative estimate of drug-likeness (QED) is 0.739. The Kier molecular flexibility index (Phi) is 5.24. The molecule has 1 aromatic heterocycles. The van der Waals surface area contributed by atoms with Gasteiger partial charge in [-0.1, -0.05) is 6.07 Å². The van der Waals surface area contributed by atoms with Crippen LogP contribution < -0.4 is 9.64 Å². The molecule has 0 bridgehead atoms. The first-order valence-electron chi connectivity index (χ1n) is 9.15. The third-order valence-electron chi connectivity index (χ3n) is 5.26. The second kappa shape index (κ2) is 7.80. The Labute approximate surface area is 162 Å². The summed E-state index contributed by atoms with van der Waals surface area (Å²) < 4.78 is 5.15. The molecule has 7 heteroatoms. The van der Waals surface area contributed by atoms with E-state index in [1.165, 1.54) is 9.78 Å². The van der Waals surface area contributed by atoms with Crippen molar-refractivity contribution in [3.63, 3.8) is 0 Å².